The summed E-state index contributed by atoms with van der Waals surface area (Å²) in [5, 5.41) is 8.66. The van der Waals surface area contributed by atoms with Gasteiger partial charge in [0.2, 0.25) is 0 Å². The van der Waals surface area contributed by atoms with E-state index in [1.165, 1.54) is 5.46 Å². The molecule has 0 aromatic heterocycles. The molecule has 0 aliphatic rings. The highest BCUT2D eigenvalue weighted by molar-refractivity contribution is 6.32. The van der Waals surface area contributed by atoms with Crippen molar-refractivity contribution in [1.29, 1.82) is 5.26 Å². The predicted molar refractivity (Wildman–Crippen MR) is 65.9 cm³/mol. The molecular formula is C13H10BNO. The van der Waals surface area contributed by atoms with E-state index in [-0.39, 0.29) is 0 Å². The molecule has 2 aromatic rings. The van der Waals surface area contributed by atoms with E-state index in [0.29, 0.717) is 5.56 Å². The first kappa shape index (κ1) is 10.3. The van der Waals surface area contributed by atoms with E-state index in [2.05, 4.69) is 6.07 Å². The summed E-state index contributed by atoms with van der Waals surface area (Å²) in [7, 11) is 2.03. The first-order chi connectivity index (χ1) is 7.78. The monoisotopic (exact) mass is 207 g/mol. The minimum Gasteiger partial charge on any atom is -0.457 e. The normalized spacial score (nSPS) is 9.44. The molecule has 0 fully saturated rings. The molecule has 0 heterocycles. The first-order valence-electron chi connectivity index (χ1n) is 5.02. The Kier molecular flexibility index (Phi) is 2.93. The van der Waals surface area contributed by atoms with E-state index in [9.17, 15) is 0 Å². The molecular weight excluding hydrogens is 197 g/mol. The van der Waals surface area contributed by atoms with Gasteiger partial charge >= 0.3 is 0 Å². The van der Waals surface area contributed by atoms with Crippen molar-refractivity contribution in [3.63, 3.8) is 0 Å². The molecule has 2 aromatic carbocycles. The fourth-order valence-electron chi connectivity index (χ4n) is 1.34. The van der Waals surface area contributed by atoms with Crippen molar-refractivity contribution in [3.8, 4) is 17.6 Å². The standard InChI is InChI=1S/C13H10BNO/c14-11-3-7-13(8-4-11)16-12-5-1-10(9-15)2-6-12/h1-8H,14H2. The van der Waals surface area contributed by atoms with Gasteiger partial charge in [0.25, 0.3) is 0 Å². The number of benzene rings is 2. The van der Waals surface area contributed by atoms with Crippen LogP contribution >= 0.6 is 0 Å². The maximum absolute atomic E-state index is 8.66. The zero-order chi connectivity index (χ0) is 11.4. The van der Waals surface area contributed by atoms with Crippen LogP contribution in [0.5, 0.6) is 11.5 Å². The van der Waals surface area contributed by atoms with Crippen molar-refractivity contribution in [2.24, 2.45) is 0 Å². The third kappa shape index (κ3) is 2.43. The van der Waals surface area contributed by atoms with Crippen molar-refractivity contribution in [3.05, 3.63) is 54.1 Å². The van der Waals surface area contributed by atoms with Crippen LogP contribution in [0.2, 0.25) is 0 Å². The van der Waals surface area contributed by atoms with Crippen LogP contribution in [0.15, 0.2) is 48.5 Å². The van der Waals surface area contributed by atoms with E-state index in [0.717, 1.165) is 11.5 Å². The molecule has 2 nitrogen and oxygen atoms in total. The van der Waals surface area contributed by atoms with Crippen LogP contribution in [0.3, 0.4) is 0 Å². The third-order valence-corrected chi connectivity index (χ3v) is 2.24. The van der Waals surface area contributed by atoms with Crippen LogP contribution in [-0.4, -0.2) is 7.85 Å². The highest BCUT2D eigenvalue weighted by Gasteiger charge is 1.97. The second-order valence-electron chi connectivity index (χ2n) is 3.55. The fraction of sp³-hybridized carbons (Fsp3) is 0. The van der Waals surface area contributed by atoms with Crippen molar-refractivity contribution in [2.75, 3.05) is 0 Å². The SMILES string of the molecule is Bc1ccc(Oc2ccc(C#N)cc2)cc1. The van der Waals surface area contributed by atoms with Gasteiger partial charge < -0.3 is 4.74 Å². The maximum Gasteiger partial charge on any atom is 0.139 e. The number of hydrogen-bond donors (Lipinski definition) is 0. The van der Waals surface area contributed by atoms with Gasteiger partial charge in [0, 0.05) is 0 Å². The number of ether oxygens (including phenoxy) is 1. The van der Waals surface area contributed by atoms with Crippen molar-refractivity contribution < 1.29 is 4.74 Å². The Bertz CT molecular complexity index is 511. The van der Waals surface area contributed by atoms with Crippen LogP contribution < -0.4 is 10.2 Å². The second-order valence-corrected chi connectivity index (χ2v) is 3.55. The Morgan fingerprint density at radius 1 is 0.875 bits per heavy atom. The summed E-state index contributed by atoms with van der Waals surface area (Å²) in [6, 6.07) is 17.0. The Morgan fingerprint density at radius 3 is 1.88 bits per heavy atom. The number of rotatable bonds is 2. The van der Waals surface area contributed by atoms with Crippen molar-refractivity contribution in [1.82, 2.24) is 0 Å². The molecule has 0 aliphatic heterocycles. The Morgan fingerprint density at radius 2 is 1.38 bits per heavy atom. The molecule has 0 bridgehead atoms. The molecule has 0 amide bonds. The van der Waals surface area contributed by atoms with Gasteiger partial charge in [0.15, 0.2) is 0 Å². The summed E-state index contributed by atoms with van der Waals surface area (Å²) in [6.07, 6.45) is 0. The Hall–Kier alpha value is -2.21. The molecule has 16 heavy (non-hydrogen) atoms. The molecule has 3 heteroatoms. The third-order valence-electron chi connectivity index (χ3n) is 2.24. The van der Waals surface area contributed by atoms with Gasteiger partial charge in [0.05, 0.1) is 11.6 Å². The van der Waals surface area contributed by atoms with Gasteiger partial charge in [-0.25, -0.2) is 0 Å². The number of nitriles is 1. The Labute approximate surface area is 95.5 Å². The summed E-state index contributed by atoms with van der Waals surface area (Å²) in [6.45, 7) is 0. The highest BCUT2D eigenvalue weighted by Crippen LogP contribution is 2.20. The summed E-state index contributed by atoms with van der Waals surface area (Å²) in [5.74, 6) is 1.54. The molecule has 0 aliphatic carbocycles. The van der Waals surface area contributed by atoms with Crippen molar-refractivity contribution >= 4 is 13.3 Å². The summed E-state index contributed by atoms with van der Waals surface area (Å²) in [5.41, 5.74) is 1.84. The van der Waals surface area contributed by atoms with Crippen LogP contribution in [0.4, 0.5) is 0 Å². The molecule has 0 unspecified atom stereocenters. The van der Waals surface area contributed by atoms with Gasteiger partial charge in [-0.2, -0.15) is 5.26 Å². The van der Waals surface area contributed by atoms with Crippen LogP contribution in [0.25, 0.3) is 0 Å². The van der Waals surface area contributed by atoms with Crippen molar-refractivity contribution in [2.45, 2.75) is 0 Å². The molecule has 0 atom stereocenters. The van der Waals surface area contributed by atoms with Gasteiger partial charge in [-0.1, -0.05) is 17.6 Å². The average Bonchev–Trinajstić information content (AvgIpc) is 2.33. The molecule has 76 valence electrons. The van der Waals surface area contributed by atoms with E-state index < -0.39 is 0 Å². The van der Waals surface area contributed by atoms with Gasteiger partial charge in [-0.15, -0.1) is 0 Å². The fourth-order valence-corrected chi connectivity index (χ4v) is 1.34. The summed E-state index contributed by atoms with van der Waals surface area (Å²) < 4.78 is 5.62. The van der Waals surface area contributed by atoms with Crippen LogP contribution in [-0.2, 0) is 0 Å². The minimum absolute atomic E-state index is 0.635. The molecule has 0 radical (unpaired) electrons. The summed E-state index contributed by atoms with van der Waals surface area (Å²) >= 11 is 0. The van der Waals surface area contributed by atoms with E-state index in [1.54, 1.807) is 24.3 Å². The maximum atomic E-state index is 8.66. The molecule has 0 N–H and O–H groups in total. The number of hydrogen-bond acceptors (Lipinski definition) is 2. The highest BCUT2D eigenvalue weighted by atomic mass is 16.5. The number of nitrogens with zero attached hydrogens (tertiary/aromatic N) is 1. The van der Waals surface area contributed by atoms with Crippen LogP contribution in [0.1, 0.15) is 5.56 Å². The van der Waals surface area contributed by atoms with Gasteiger partial charge in [-0.05, 0) is 36.4 Å². The summed E-state index contributed by atoms with van der Waals surface area (Å²) in [4.78, 5) is 0. The molecule has 0 saturated heterocycles. The first-order valence-corrected chi connectivity index (χ1v) is 5.02. The van der Waals surface area contributed by atoms with E-state index >= 15 is 0 Å². The Balaban J connectivity index is 2.15. The minimum atomic E-state index is 0.635. The lowest BCUT2D eigenvalue weighted by molar-refractivity contribution is 0.483. The lowest BCUT2D eigenvalue weighted by Crippen LogP contribution is -1.99. The zero-order valence-corrected chi connectivity index (χ0v) is 8.97. The topological polar surface area (TPSA) is 33.0 Å². The van der Waals surface area contributed by atoms with E-state index in [1.807, 2.05) is 32.1 Å². The molecule has 0 spiro atoms. The molecule has 2 rings (SSSR count). The quantitative estimate of drug-likeness (QED) is 0.700. The predicted octanol–water partition coefficient (Wildman–Crippen LogP) is 1.61. The van der Waals surface area contributed by atoms with Gasteiger partial charge in [-0.3, -0.25) is 0 Å². The largest absolute Gasteiger partial charge is 0.457 e. The lowest BCUT2D eigenvalue weighted by atomic mass is 9.97. The smallest absolute Gasteiger partial charge is 0.139 e. The van der Waals surface area contributed by atoms with E-state index in [4.69, 9.17) is 10.00 Å². The average molecular weight is 207 g/mol. The van der Waals surface area contributed by atoms with Crippen LogP contribution in [0, 0.1) is 11.3 Å². The molecule has 0 saturated carbocycles. The lowest BCUT2D eigenvalue weighted by Gasteiger charge is -2.05. The zero-order valence-electron chi connectivity index (χ0n) is 8.97. The van der Waals surface area contributed by atoms with Gasteiger partial charge in [0.1, 0.15) is 19.3 Å². The second kappa shape index (κ2) is 4.54.